The molecule has 0 aromatic heterocycles. The number of carboxylic acids is 1. The summed E-state index contributed by atoms with van der Waals surface area (Å²) in [6.07, 6.45) is 0. The molecule has 0 unspecified atom stereocenters. The Labute approximate surface area is 120 Å². The van der Waals surface area contributed by atoms with E-state index in [1.165, 1.54) is 6.07 Å². The van der Waals surface area contributed by atoms with E-state index in [4.69, 9.17) is 14.2 Å². The second kappa shape index (κ2) is 5.24. The van der Waals surface area contributed by atoms with Crippen LogP contribution in [0.25, 0.3) is 0 Å². The molecule has 0 saturated carbocycles. The monoisotopic (exact) mass is 287 g/mol. The van der Waals surface area contributed by atoms with Crippen LogP contribution in [0.1, 0.15) is 10.4 Å². The molecule has 0 saturated heterocycles. The van der Waals surface area contributed by atoms with Crippen molar-refractivity contribution >= 4 is 17.3 Å². The molecule has 0 bridgehead atoms. The van der Waals surface area contributed by atoms with Crippen molar-refractivity contribution in [2.24, 2.45) is 0 Å². The molecule has 108 valence electrons. The van der Waals surface area contributed by atoms with Crippen LogP contribution < -0.4 is 19.5 Å². The first-order valence-electron chi connectivity index (χ1n) is 6.25. The zero-order valence-corrected chi connectivity index (χ0v) is 11.3. The van der Waals surface area contributed by atoms with Gasteiger partial charge in [-0.15, -0.1) is 0 Å². The van der Waals surface area contributed by atoms with Gasteiger partial charge in [0.25, 0.3) is 0 Å². The third-order valence-corrected chi connectivity index (χ3v) is 3.09. The first kappa shape index (κ1) is 13.1. The molecule has 0 fully saturated rings. The fourth-order valence-corrected chi connectivity index (χ4v) is 2.08. The van der Waals surface area contributed by atoms with E-state index in [0.717, 1.165) is 5.69 Å². The summed E-state index contributed by atoms with van der Waals surface area (Å²) in [5.41, 5.74) is 1.26. The minimum atomic E-state index is -1.04. The fraction of sp³-hybridized carbons (Fsp3) is 0.133. The molecular formula is C15H13NO5. The van der Waals surface area contributed by atoms with E-state index in [-0.39, 0.29) is 12.4 Å². The second-order valence-electron chi connectivity index (χ2n) is 4.41. The van der Waals surface area contributed by atoms with Crippen LogP contribution in [0.3, 0.4) is 0 Å². The molecule has 1 aliphatic heterocycles. The summed E-state index contributed by atoms with van der Waals surface area (Å²) in [6.45, 7) is 0.0943. The highest BCUT2D eigenvalue weighted by molar-refractivity contribution is 5.96. The number of carbonyl (C=O) groups is 1. The van der Waals surface area contributed by atoms with Crippen molar-refractivity contribution in [3.05, 3.63) is 42.0 Å². The molecular weight excluding hydrogens is 274 g/mol. The maximum absolute atomic E-state index is 11.4. The molecule has 6 heteroatoms. The number of nitrogens with one attached hydrogen (secondary N) is 1. The summed E-state index contributed by atoms with van der Waals surface area (Å²) in [6, 6.07) is 10.3. The first-order chi connectivity index (χ1) is 10.2. The van der Waals surface area contributed by atoms with Gasteiger partial charge in [-0.25, -0.2) is 4.79 Å². The quantitative estimate of drug-likeness (QED) is 0.900. The largest absolute Gasteiger partial charge is 0.497 e. The van der Waals surface area contributed by atoms with Crippen molar-refractivity contribution in [1.29, 1.82) is 0 Å². The Kier molecular flexibility index (Phi) is 3.27. The molecule has 2 N–H and O–H groups in total. The van der Waals surface area contributed by atoms with Gasteiger partial charge in [-0.2, -0.15) is 0 Å². The molecule has 6 nitrogen and oxygen atoms in total. The smallest absolute Gasteiger partial charge is 0.337 e. The van der Waals surface area contributed by atoms with E-state index in [1.54, 1.807) is 19.2 Å². The number of ether oxygens (including phenoxy) is 3. The van der Waals surface area contributed by atoms with E-state index in [0.29, 0.717) is 22.9 Å². The van der Waals surface area contributed by atoms with Gasteiger partial charge in [0.05, 0.1) is 18.4 Å². The third kappa shape index (κ3) is 2.55. The zero-order chi connectivity index (χ0) is 14.8. The highest BCUT2D eigenvalue weighted by atomic mass is 16.7. The number of fused-ring (bicyclic) bond motifs is 1. The maximum atomic E-state index is 11.4. The minimum absolute atomic E-state index is 0.0943. The van der Waals surface area contributed by atoms with Gasteiger partial charge in [-0.1, -0.05) is 6.07 Å². The number of methoxy groups -OCH3 is 1. The standard InChI is InChI=1S/C15H13NO5/c1-19-10-4-2-3-9(5-10)16-12-7-14-13(20-8-21-14)6-11(12)15(17)18/h2-7,16H,8H2,1H3,(H,17,18). The summed E-state index contributed by atoms with van der Waals surface area (Å²) in [7, 11) is 1.57. The predicted octanol–water partition coefficient (Wildman–Crippen LogP) is 2.87. The van der Waals surface area contributed by atoms with Gasteiger partial charge in [0.15, 0.2) is 11.5 Å². The van der Waals surface area contributed by atoms with Crippen LogP contribution in [0.15, 0.2) is 36.4 Å². The van der Waals surface area contributed by atoms with Gasteiger partial charge in [0, 0.05) is 23.9 Å². The number of hydrogen-bond acceptors (Lipinski definition) is 5. The summed E-state index contributed by atoms with van der Waals surface area (Å²) in [5.74, 6) is 0.588. The van der Waals surface area contributed by atoms with Crippen LogP contribution in [0.4, 0.5) is 11.4 Å². The lowest BCUT2D eigenvalue weighted by molar-refractivity contribution is 0.0697. The maximum Gasteiger partial charge on any atom is 0.337 e. The van der Waals surface area contributed by atoms with Crippen LogP contribution in [-0.2, 0) is 0 Å². The molecule has 0 radical (unpaired) electrons. The van der Waals surface area contributed by atoms with Gasteiger partial charge in [0.1, 0.15) is 5.75 Å². The number of anilines is 2. The molecule has 2 aromatic carbocycles. The van der Waals surface area contributed by atoms with Crippen molar-refractivity contribution in [3.63, 3.8) is 0 Å². The van der Waals surface area contributed by atoms with Gasteiger partial charge < -0.3 is 24.6 Å². The van der Waals surface area contributed by atoms with Crippen molar-refractivity contribution in [3.8, 4) is 17.2 Å². The highest BCUT2D eigenvalue weighted by Crippen LogP contribution is 2.38. The molecule has 0 aliphatic carbocycles. The summed E-state index contributed by atoms with van der Waals surface area (Å²) in [5, 5.41) is 12.4. The van der Waals surface area contributed by atoms with Crippen LogP contribution in [-0.4, -0.2) is 25.0 Å². The topological polar surface area (TPSA) is 77.0 Å². The Morgan fingerprint density at radius 2 is 2.00 bits per heavy atom. The van der Waals surface area contributed by atoms with Gasteiger partial charge in [-0.05, 0) is 12.1 Å². The molecule has 1 heterocycles. The average molecular weight is 287 g/mol. The summed E-state index contributed by atoms with van der Waals surface area (Å²) in [4.78, 5) is 11.4. The molecule has 1 aliphatic rings. The predicted molar refractivity (Wildman–Crippen MR) is 75.8 cm³/mol. The molecule has 2 aromatic rings. The second-order valence-corrected chi connectivity index (χ2v) is 4.41. The summed E-state index contributed by atoms with van der Waals surface area (Å²) >= 11 is 0. The molecule has 0 amide bonds. The molecule has 0 atom stereocenters. The van der Waals surface area contributed by atoms with Crippen molar-refractivity contribution in [1.82, 2.24) is 0 Å². The third-order valence-electron chi connectivity index (χ3n) is 3.09. The SMILES string of the molecule is COc1cccc(Nc2cc3c(cc2C(=O)O)OCO3)c1. The Hall–Kier alpha value is -2.89. The minimum Gasteiger partial charge on any atom is -0.497 e. The zero-order valence-electron chi connectivity index (χ0n) is 11.3. The van der Waals surface area contributed by atoms with Crippen LogP contribution >= 0.6 is 0 Å². The average Bonchev–Trinajstić information content (AvgIpc) is 2.93. The molecule has 3 rings (SSSR count). The van der Waals surface area contributed by atoms with E-state index in [1.807, 2.05) is 18.2 Å². The van der Waals surface area contributed by atoms with E-state index >= 15 is 0 Å². The Balaban J connectivity index is 1.99. The normalized spacial score (nSPS) is 12.0. The van der Waals surface area contributed by atoms with Crippen molar-refractivity contribution < 1.29 is 24.1 Å². The van der Waals surface area contributed by atoms with Crippen LogP contribution in [0, 0.1) is 0 Å². The Morgan fingerprint density at radius 1 is 1.24 bits per heavy atom. The highest BCUT2D eigenvalue weighted by Gasteiger charge is 2.20. The van der Waals surface area contributed by atoms with Gasteiger partial charge in [-0.3, -0.25) is 0 Å². The Morgan fingerprint density at radius 3 is 2.71 bits per heavy atom. The lowest BCUT2D eigenvalue weighted by Crippen LogP contribution is -2.03. The van der Waals surface area contributed by atoms with Crippen LogP contribution in [0.5, 0.6) is 17.2 Å². The molecule has 0 spiro atoms. The fourth-order valence-electron chi connectivity index (χ4n) is 2.08. The van der Waals surface area contributed by atoms with E-state index in [9.17, 15) is 9.90 Å². The number of aromatic carboxylic acids is 1. The first-order valence-corrected chi connectivity index (χ1v) is 6.25. The number of benzene rings is 2. The number of carboxylic acid groups (broad SMARTS) is 1. The van der Waals surface area contributed by atoms with E-state index < -0.39 is 5.97 Å². The van der Waals surface area contributed by atoms with Crippen LogP contribution in [0.2, 0.25) is 0 Å². The van der Waals surface area contributed by atoms with Crippen molar-refractivity contribution in [2.75, 3.05) is 19.2 Å². The van der Waals surface area contributed by atoms with Gasteiger partial charge in [0.2, 0.25) is 6.79 Å². The number of hydrogen-bond donors (Lipinski definition) is 2. The van der Waals surface area contributed by atoms with Gasteiger partial charge >= 0.3 is 5.97 Å². The Bertz CT molecular complexity index is 698. The van der Waals surface area contributed by atoms with E-state index in [2.05, 4.69) is 5.32 Å². The lowest BCUT2D eigenvalue weighted by Gasteiger charge is -2.11. The number of rotatable bonds is 4. The molecule has 21 heavy (non-hydrogen) atoms. The summed E-state index contributed by atoms with van der Waals surface area (Å²) < 4.78 is 15.6. The lowest BCUT2D eigenvalue weighted by atomic mass is 10.1. The van der Waals surface area contributed by atoms with Crippen molar-refractivity contribution in [2.45, 2.75) is 0 Å².